The van der Waals surface area contributed by atoms with Gasteiger partial charge in [0.1, 0.15) is 0 Å². The normalized spacial score (nSPS) is 20.9. The van der Waals surface area contributed by atoms with Crippen LogP contribution in [0.2, 0.25) is 0 Å². The molecule has 2 fully saturated rings. The zero-order valence-electron chi connectivity index (χ0n) is 14.8. The Morgan fingerprint density at radius 1 is 1.08 bits per heavy atom. The van der Waals surface area contributed by atoms with Gasteiger partial charge in [-0.15, -0.1) is 0 Å². The van der Waals surface area contributed by atoms with Gasteiger partial charge in [-0.1, -0.05) is 24.3 Å². The van der Waals surface area contributed by atoms with E-state index in [0.29, 0.717) is 6.54 Å². The fraction of sp³-hybridized carbons (Fsp3) is 0.632. The maximum Gasteiger partial charge on any atom is 0.223 e. The van der Waals surface area contributed by atoms with Crippen molar-refractivity contribution < 1.29 is 4.79 Å². The Labute approximate surface area is 145 Å². The minimum atomic E-state index is 0.183. The zero-order chi connectivity index (χ0) is 16.8. The number of piperidine rings is 1. The summed E-state index contributed by atoms with van der Waals surface area (Å²) in [5.74, 6) is 0.390. The van der Waals surface area contributed by atoms with Crippen molar-refractivity contribution in [2.24, 2.45) is 5.92 Å². The average molecular weight is 330 g/mol. The number of rotatable bonds is 5. The molecule has 5 nitrogen and oxygen atoms in total. The van der Waals surface area contributed by atoms with E-state index in [1.165, 1.54) is 11.1 Å². The van der Waals surface area contributed by atoms with Gasteiger partial charge in [-0.05, 0) is 44.1 Å². The third-order valence-corrected chi connectivity index (χ3v) is 5.20. The van der Waals surface area contributed by atoms with Crippen LogP contribution in [0, 0.1) is 5.92 Å². The summed E-state index contributed by atoms with van der Waals surface area (Å²) >= 11 is 0. The second-order valence-electron chi connectivity index (χ2n) is 7.14. The molecule has 2 saturated heterocycles. The van der Waals surface area contributed by atoms with Crippen LogP contribution in [0.25, 0.3) is 0 Å². The Kier molecular flexibility index (Phi) is 6.24. The summed E-state index contributed by atoms with van der Waals surface area (Å²) in [6, 6.07) is 8.69. The van der Waals surface area contributed by atoms with E-state index < -0.39 is 0 Å². The van der Waals surface area contributed by atoms with Crippen LogP contribution in [0.1, 0.15) is 24.0 Å². The van der Waals surface area contributed by atoms with E-state index in [1.807, 2.05) is 0 Å². The minimum absolute atomic E-state index is 0.183. The van der Waals surface area contributed by atoms with E-state index in [-0.39, 0.29) is 11.8 Å². The van der Waals surface area contributed by atoms with Crippen LogP contribution in [0.15, 0.2) is 24.3 Å². The molecule has 0 bridgehead atoms. The molecule has 0 atom stereocenters. The fourth-order valence-corrected chi connectivity index (χ4v) is 3.44. The molecule has 0 aromatic heterocycles. The van der Waals surface area contributed by atoms with Crippen LogP contribution in [0.5, 0.6) is 0 Å². The first-order valence-electron chi connectivity index (χ1n) is 9.18. The highest BCUT2D eigenvalue weighted by molar-refractivity contribution is 5.78. The highest BCUT2D eigenvalue weighted by Crippen LogP contribution is 2.13. The van der Waals surface area contributed by atoms with Crippen LogP contribution in [0.3, 0.4) is 0 Å². The largest absolute Gasteiger partial charge is 0.352 e. The molecule has 5 heteroatoms. The van der Waals surface area contributed by atoms with Gasteiger partial charge < -0.3 is 15.5 Å². The predicted octanol–water partition coefficient (Wildman–Crippen LogP) is 1.05. The topological polar surface area (TPSA) is 47.6 Å². The fourth-order valence-electron chi connectivity index (χ4n) is 3.44. The molecule has 0 saturated carbocycles. The molecule has 0 unspecified atom stereocenters. The number of carbonyl (C=O) groups excluding carboxylic acids is 1. The van der Waals surface area contributed by atoms with Gasteiger partial charge in [0, 0.05) is 45.2 Å². The zero-order valence-corrected chi connectivity index (χ0v) is 14.8. The number of hydrogen-bond donors (Lipinski definition) is 2. The maximum atomic E-state index is 12.2. The molecule has 2 heterocycles. The smallest absolute Gasteiger partial charge is 0.223 e. The summed E-state index contributed by atoms with van der Waals surface area (Å²) < 4.78 is 0. The Bertz CT molecular complexity index is 517. The Morgan fingerprint density at radius 2 is 1.71 bits per heavy atom. The monoisotopic (exact) mass is 330 g/mol. The van der Waals surface area contributed by atoms with Crippen molar-refractivity contribution >= 4 is 5.91 Å². The van der Waals surface area contributed by atoms with Gasteiger partial charge in [0.2, 0.25) is 5.91 Å². The second-order valence-corrected chi connectivity index (χ2v) is 7.14. The molecule has 1 amide bonds. The van der Waals surface area contributed by atoms with Crippen LogP contribution in [-0.4, -0.2) is 62.0 Å². The summed E-state index contributed by atoms with van der Waals surface area (Å²) in [6.45, 7) is 8.17. The number of nitrogens with one attached hydrogen (secondary N) is 2. The van der Waals surface area contributed by atoms with Crippen LogP contribution >= 0.6 is 0 Å². The maximum absolute atomic E-state index is 12.2. The molecule has 24 heavy (non-hydrogen) atoms. The van der Waals surface area contributed by atoms with Crippen LogP contribution in [-0.2, 0) is 17.9 Å². The van der Waals surface area contributed by atoms with E-state index in [4.69, 9.17) is 0 Å². The lowest BCUT2D eigenvalue weighted by Crippen LogP contribution is -2.43. The second kappa shape index (κ2) is 8.60. The van der Waals surface area contributed by atoms with Gasteiger partial charge in [-0.25, -0.2) is 0 Å². The van der Waals surface area contributed by atoms with E-state index in [1.54, 1.807) is 0 Å². The van der Waals surface area contributed by atoms with Crippen molar-refractivity contribution in [3.8, 4) is 0 Å². The number of benzene rings is 1. The van der Waals surface area contributed by atoms with Gasteiger partial charge >= 0.3 is 0 Å². The van der Waals surface area contributed by atoms with Gasteiger partial charge in [0.05, 0.1) is 0 Å². The molecular weight excluding hydrogens is 300 g/mol. The summed E-state index contributed by atoms with van der Waals surface area (Å²) in [5.41, 5.74) is 2.53. The van der Waals surface area contributed by atoms with E-state index in [9.17, 15) is 4.79 Å². The van der Waals surface area contributed by atoms with Gasteiger partial charge in [0.25, 0.3) is 0 Å². The third kappa shape index (κ3) is 5.03. The van der Waals surface area contributed by atoms with Gasteiger partial charge in [0.15, 0.2) is 0 Å². The van der Waals surface area contributed by atoms with Crippen LogP contribution < -0.4 is 10.6 Å². The van der Waals surface area contributed by atoms with Gasteiger partial charge in [-0.2, -0.15) is 0 Å². The number of carbonyl (C=O) groups is 1. The quantitative estimate of drug-likeness (QED) is 0.847. The van der Waals surface area contributed by atoms with Crippen molar-refractivity contribution in [1.82, 2.24) is 20.4 Å². The van der Waals surface area contributed by atoms with E-state index >= 15 is 0 Å². The first-order chi connectivity index (χ1) is 11.7. The highest BCUT2D eigenvalue weighted by atomic mass is 16.1. The first-order valence-corrected chi connectivity index (χ1v) is 9.18. The molecule has 2 N–H and O–H groups in total. The van der Waals surface area contributed by atoms with Crippen molar-refractivity contribution in [1.29, 1.82) is 0 Å². The average Bonchev–Trinajstić information content (AvgIpc) is 2.63. The van der Waals surface area contributed by atoms with E-state index in [0.717, 1.165) is 58.7 Å². The van der Waals surface area contributed by atoms with Crippen LogP contribution in [0.4, 0.5) is 0 Å². The lowest BCUT2D eigenvalue weighted by Gasteiger charge is -2.32. The molecule has 3 rings (SSSR count). The molecule has 1 aromatic carbocycles. The number of nitrogens with zero attached hydrogens (tertiary/aromatic N) is 2. The van der Waals surface area contributed by atoms with Crippen molar-refractivity contribution in [2.75, 3.05) is 46.3 Å². The SMILES string of the molecule is CN1CCN(Cc2ccc(CNC(=O)C3CCNCC3)cc2)CC1. The number of likely N-dealkylation sites (N-methyl/N-ethyl adjacent to an activating group) is 1. The lowest BCUT2D eigenvalue weighted by molar-refractivity contribution is -0.125. The van der Waals surface area contributed by atoms with Gasteiger partial charge in [-0.3, -0.25) is 9.69 Å². The van der Waals surface area contributed by atoms with Crippen molar-refractivity contribution in [3.63, 3.8) is 0 Å². The number of piperazine rings is 1. The summed E-state index contributed by atoms with van der Waals surface area (Å²) in [7, 11) is 2.18. The molecule has 0 radical (unpaired) electrons. The summed E-state index contributed by atoms with van der Waals surface area (Å²) in [5, 5.41) is 6.39. The summed E-state index contributed by atoms with van der Waals surface area (Å²) in [4.78, 5) is 17.1. The Morgan fingerprint density at radius 3 is 2.38 bits per heavy atom. The number of hydrogen-bond acceptors (Lipinski definition) is 4. The highest BCUT2D eigenvalue weighted by Gasteiger charge is 2.20. The standard InChI is InChI=1S/C19H30N4O/c1-22-10-12-23(13-11-22)15-17-4-2-16(3-5-17)14-21-19(24)18-6-8-20-9-7-18/h2-5,18,20H,6-15H2,1H3,(H,21,24). The Balaban J connectivity index is 1.43. The minimum Gasteiger partial charge on any atom is -0.352 e. The molecule has 1 aromatic rings. The van der Waals surface area contributed by atoms with E-state index in [2.05, 4.69) is 51.7 Å². The molecular formula is C19H30N4O. The van der Waals surface area contributed by atoms with Crippen molar-refractivity contribution in [2.45, 2.75) is 25.9 Å². The number of amides is 1. The molecule has 0 aliphatic carbocycles. The molecule has 132 valence electrons. The van der Waals surface area contributed by atoms with Crippen molar-refractivity contribution in [3.05, 3.63) is 35.4 Å². The first kappa shape index (κ1) is 17.4. The molecule has 0 spiro atoms. The predicted molar refractivity (Wildman–Crippen MR) is 96.7 cm³/mol. The third-order valence-electron chi connectivity index (χ3n) is 5.20. The molecule has 2 aliphatic heterocycles. The molecule has 2 aliphatic rings. The Hall–Kier alpha value is -1.43. The lowest BCUT2D eigenvalue weighted by atomic mass is 9.97. The summed E-state index contributed by atoms with van der Waals surface area (Å²) in [6.07, 6.45) is 1.91.